The fourth-order valence-electron chi connectivity index (χ4n) is 2.38. The van der Waals surface area contributed by atoms with E-state index >= 15 is 0 Å². The molecule has 0 spiro atoms. The Labute approximate surface area is 183 Å². The van der Waals surface area contributed by atoms with E-state index in [4.69, 9.17) is 0 Å². The van der Waals surface area contributed by atoms with E-state index in [0.717, 1.165) is 17.9 Å². The van der Waals surface area contributed by atoms with Gasteiger partial charge in [0.15, 0.2) is 5.96 Å². The third-order valence-electron chi connectivity index (χ3n) is 3.66. The second-order valence-corrected chi connectivity index (χ2v) is 7.25. The Morgan fingerprint density at radius 3 is 2.61 bits per heavy atom. The van der Waals surface area contributed by atoms with Crippen LogP contribution in [-0.4, -0.2) is 38.7 Å². The molecule has 3 N–H and O–H groups in total. The van der Waals surface area contributed by atoms with E-state index in [1.165, 1.54) is 6.33 Å². The van der Waals surface area contributed by atoms with Crippen LogP contribution in [0.4, 0.5) is 0 Å². The number of rotatable bonds is 6. The predicted octanol–water partition coefficient (Wildman–Crippen LogP) is 2.22. The van der Waals surface area contributed by atoms with Gasteiger partial charge in [0.2, 0.25) is 0 Å². The summed E-state index contributed by atoms with van der Waals surface area (Å²) >= 11 is 0. The van der Waals surface area contributed by atoms with E-state index in [0.29, 0.717) is 24.6 Å². The van der Waals surface area contributed by atoms with E-state index in [9.17, 15) is 4.79 Å². The topological polar surface area (TPSA) is 96.2 Å². The molecule has 1 aromatic carbocycles. The van der Waals surface area contributed by atoms with Crippen LogP contribution in [0.5, 0.6) is 0 Å². The van der Waals surface area contributed by atoms with Gasteiger partial charge in [-0.05, 0) is 45.4 Å². The van der Waals surface area contributed by atoms with E-state index in [1.807, 2.05) is 59.0 Å². The quantitative estimate of drug-likeness (QED) is 0.322. The standard InChI is InChI=1S/C19H29N7O.HI/c1-6-20-18(22-12-16-23-13-24-26(16)5)21-11-14-8-7-9-15(10-14)17(27)25-19(2,3)4;/h7-10,13H,6,11-12H2,1-5H3,(H,25,27)(H2,20,21,22);1H. The molecule has 0 saturated carbocycles. The molecule has 0 atom stereocenters. The lowest BCUT2D eigenvalue weighted by Gasteiger charge is -2.20. The van der Waals surface area contributed by atoms with Crippen LogP contribution in [0.1, 0.15) is 49.4 Å². The van der Waals surface area contributed by atoms with Crippen molar-refractivity contribution in [3.8, 4) is 0 Å². The van der Waals surface area contributed by atoms with Gasteiger partial charge in [-0.3, -0.25) is 9.48 Å². The maximum absolute atomic E-state index is 12.3. The number of hydrogen-bond donors (Lipinski definition) is 3. The molecular weight excluding hydrogens is 469 g/mol. The maximum Gasteiger partial charge on any atom is 0.251 e. The van der Waals surface area contributed by atoms with Crippen LogP contribution in [0.15, 0.2) is 35.6 Å². The summed E-state index contributed by atoms with van der Waals surface area (Å²) in [5, 5.41) is 13.5. The van der Waals surface area contributed by atoms with Crippen molar-refractivity contribution in [2.24, 2.45) is 12.0 Å². The fourth-order valence-corrected chi connectivity index (χ4v) is 2.38. The summed E-state index contributed by atoms with van der Waals surface area (Å²) in [5.41, 5.74) is 1.33. The van der Waals surface area contributed by atoms with Gasteiger partial charge in [0.1, 0.15) is 12.2 Å². The number of nitrogens with zero attached hydrogens (tertiary/aromatic N) is 4. The molecule has 1 heterocycles. The third kappa shape index (κ3) is 7.83. The van der Waals surface area contributed by atoms with Crippen molar-refractivity contribution in [3.63, 3.8) is 0 Å². The average molecular weight is 499 g/mol. The summed E-state index contributed by atoms with van der Waals surface area (Å²) in [4.78, 5) is 21.1. The van der Waals surface area contributed by atoms with Crippen molar-refractivity contribution >= 4 is 35.8 Å². The normalized spacial score (nSPS) is 11.5. The molecule has 0 unspecified atom stereocenters. The zero-order valence-electron chi connectivity index (χ0n) is 17.1. The van der Waals surface area contributed by atoms with E-state index in [2.05, 4.69) is 31.0 Å². The number of aryl methyl sites for hydroxylation is 1. The van der Waals surface area contributed by atoms with Crippen molar-refractivity contribution in [1.82, 2.24) is 30.7 Å². The minimum Gasteiger partial charge on any atom is -0.357 e. The number of halogens is 1. The number of benzene rings is 1. The number of aliphatic imine (C=N–C) groups is 1. The summed E-state index contributed by atoms with van der Waals surface area (Å²) in [6, 6.07) is 7.52. The van der Waals surface area contributed by atoms with Gasteiger partial charge in [0, 0.05) is 24.7 Å². The second-order valence-electron chi connectivity index (χ2n) is 7.25. The maximum atomic E-state index is 12.3. The molecule has 0 fully saturated rings. The van der Waals surface area contributed by atoms with Gasteiger partial charge in [0.25, 0.3) is 5.91 Å². The highest BCUT2D eigenvalue weighted by atomic mass is 127. The van der Waals surface area contributed by atoms with Gasteiger partial charge in [-0.1, -0.05) is 12.1 Å². The minimum atomic E-state index is -0.271. The molecule has 2 aromatic rings. The number of carbonyl (C=O) groups is 1. The molecular formula is C19H30IN7O. The molecule has 0 aliphatic heterocycles. The molecule has 0 bridgehead atoms. The van der Waals surface area contributed by atoms with Crippen LogP contribution in [-0.2, 0) is 20.1 Å². The first-order valence-electron chi connectivity index (χ1n) is 9.05. The Kier molecular flexibility index (Phi) is 9.36. The van der Waals surface area contributed by atoms with Crippen LogP contribution in [0, 0.1) is 0 Å². The Morgan fingerprint density at radius 1 is 1.25 bits per heavy atom. The first-order chi connectivity index (χ1) is 12.8. The van der Waals surface area contributed by atoms with Gasteiger partial charge < -0.3 is 16.0 Å². The smallest absolute Gasteiger partial charge is 0.251 e. The lowest BCUT2D eigenvalue weighted by atomic mass is 10.1. The molecule has 9 heteroatoms. The van der Waals surface area contributed by atoms with Crippen LogP contribution < -0.4 is 16.0 Å². The fraction of sp³-hybridized carbons (Fsp3) is 0.474. The molecule has 1 amide bonds. The monoisotopic (exact) mass is 499 g/mol. The third-order valence-corrected chi connectivity index (χ3v) is 3.66. The number of nitrogens with one attached hydrogen (secondary N) is 3. The van der Waals surface area contributed by atoms with Gasteiger partial charge in [-0.25, -0.2) is 9.98 Å². The summed E-state index contributed by atoms with van der Waals surface area (Å²) in [6.07, 6.45) is 1.52. The summed E-state index contributed by atoms with van der Waals surface area (Å²) in [6.45, 7) is 9.64. The molecule has 8 nitrogen and oxygen atoms in total. The minimum absolute atomic E-state index is 0. The van der Waals surface area contributed by atoms with Crippen LogP contribution >= 0.6 is 24.0 Å². The van der Waals surface area contributed by atoms with Crippen LogP contribution in [0.3, 0.4) is 0 Å². The van der Waals surface area contributed by atoms with Gasteiger partial charge in [0.05, 0.1) is 13.1 Å². The van der Waals surface area contributed by atoms with Gasteiger partial charge in [-0.2, -0.15) is 5.10 Å². The molecule has 1 aromatic heterocycles. The van der Waals surface area contributed by atoms with Gasteiger partial charge >= 0.3 is 0 Å². The number of hydrogen-bond acceptors (Lipinski definition) is 4. The SMILES string of the molecule is CCNC(=NCc1cccc(C(=O)NC(C)(C)C)c1)NCc1ncnn1C.I. The zero-order valence-corrected chi connectivity index (χ0v) is 19.4. The highest BCUT2D eigenvalue weighted by Gasteiger charge is 2.15. The average Bonchev–Trinajstić information content (AvgIpc) is 3.01. The van der Waals surface area contributed by atoms with Crippen molar-refractivity contribution in [1.29, 1.82) is 0 Å². The predicted molar refractivity (Wildman–Crippen MR) is 122 cm³/mol. The molecule has 0 aliphatic rings. The first-order valence-corrected chi connectivity index (χ1v) is 9.05. The number of carbonyl (C=O) groups excluding carboxylic acids is 1. The molecule has 0 radical (unpaired) electrons. The highest BCUT2D eigenvalue weighted by Crippen LogP contribution is 2.09. The summed E-state index contributed by atoms with van der Waals surface area (Å²) in [5.74, 6) is 1.42. The second kappa shape index (κ2) is 11.0. The molecule has 0 aliphatic carbocycles. The van der Waals surface area contributed by atoms with Crippen molar-refractivity contribution in [2.45, 2.75) is 46.3 Å². The van der Waals surface area contributed by atoms with Crippen LogP contribution in [0.2, 0.25) is 0 Å². The van der Waals surface area contributed by atoms with Crippen molar-refractivity contribution in [2.75, 3.05) is 6.54 Å². The first kappa shape index (κ1) is 23.9. The zero-order chi connectivity index (χ0) is 19.9. The van der Waals surface area contributed by atoms with E-state index in [-0.39, 0.29) is 35.4 Å². The molecule has 28 heavy (non-hydrogen) atoms. The Morgan fingerprint density at radius 2 is 2.00 bits per heavy atom. The van der Waals surface area contributed by atoms with Crippen molar-refractivity contribution < 1.29 is 4.79 Å². The Hall–Kier alpha value is -2.17. The highest BCUT2D eigenvalue weighted by molar-refractivity contribution is 14.0. The van der Waals surface area contributed by atoms with Crippen molar-refractivity contribution in [3.05, 3.63) is 47.5 Å². The lowest BCUT2D eigenvalue weighted by molar-refractivity contribution is 0.0919. The Balaban J connectivity index is 0.00000392. The Bertz CT molecular complexity index is 796. The summed E-state index contributed by atoms with van der Waals surface area (Å²) < 4.78 is 1.72. The lowest BCUT2D eigenvalue weighted by Crippen LogP contribution is -2.40. The number of aromatic nitrogens is 3. The van der Waals surface area contributed by atoms with Crippen LogP contribution in [0.25, 0.3) is 0 Å². The number of amides is 1. The van der Waals surface area contributed by atoms with E-state index < -0.39 is 0 Å². The van der Waals surface area contributed by atoms with Gasteiger partial charge in [-0.15, -0.1) is 24.0 Å². The number of guanidine groups is 1. The molecule has 2 rings (SSSR count). The molecule has 0 saturated heterocycles. The summed E-state index contributed by atoms with van der Waals surface area (Å²) in [7, 11) is 1.85. The van der Waals surface area contributed by atoms with E-state index in [1.54, 1.807) is 4.68 Å². The molecule has 154 valence electrons. The largest absolute Gasteiger partial charge is 0.357 e.